The van der Waals surface area contributed by atoms with Gasteiger partial charge in [0.25, 0.3) is 0 Å². The Labute approximate surface area is 95.9 Å². The molecule has 1 heterocycles. The third kappa shape index (κ3) is 3.70. The Morgan fingerprint density at radius 2 is 2.19 bits per heavy atom. The summed E-state index contributed by atoms with van der Waals surface area (Å²) < 4.78 is 5.27. The van der Waals surface area contributed by atoms with E-state index < -0.39 is 5.97 Å². The smallest absolute Gasteiger partial charge is 0.307 e. The first-order valence-electron chi connectivity index (χ1n) is 5.50. The van der Waals surface area contributed by atoms with Crippen LogP contribution in [-0.2, 0) is 11.3 Å². The van der Waals surface area contributed by atoms with E-state index in [0.29, 0.717) is 19.1 Å². The van der Waals surface area contributed by atoms with Gasteiger partial charge in [0.1, 0.15) is 5.76 Å². The summed E-state index contributed by atoms with van der Waals surface area (Å²) in [5, 5.41) is 8.89. The minimum Gasteiger partial charge on any atom is -0.481 e. The number of furan rings is 1. The summed E-state index contributed by atoms with van der Waals surface area (Å²) in [6.07, 6.45) is 1.63. The fourth-order valence-corrected chi connectivity index (χ4v) is 1.49. The average Bonchev–Trinajstić information content (AvgIpc) is 2.68. The lowest BCUT2D eigenvalue weighted by Crippen LogP contribution is -2.36. The van der Waals surface area contributed by atoms with Gasteiger partial charge >= 0.3 is 5.97 Å². The molecule has 90 valence electrons. The van der Waals surface area contributed by atoms with Gasteiger partial charge in [0.05, 0.1) is 18.7 Å². The molecule has 4 nitrogen and oxygen atoms in total. The third-order valence-corrected chi connectivity index (χ3v) is 2.60. The normalized spacial score (nSPS) is 13.3. The van der Waals surface area contributed by atoms with Gasteiger partial charge in [0, 0.05) is 12.6 Å². The van der Waals surface area contributed by atoms with Gasteiger partial charge in [-0.15, -0.1) is 0 Å². The van der Waals surface area contributed by atoms with Crippen molar-refractivity contribution in [2.45, 2.75) is 33.4 Å². The zero-order valence-electron chi connectivity index (χ0n) is 10.0. The van der Waals surface area contributed by atoms with E-state index in [1.807, 2.05) is 12.1 Å². The highest BCUT2D eigenvalue weighted by molar-refractivity contribution is 5.69. The van der Waals surface area contributed by atoms with Crippen molar-refractivity contribution >= 4 is 5.97 Å². The zero-order valence-corrected chi connectivity index (χ0v) is 10.0. The molecule has 0 aliphatic rings. The molecule has 0 amide bonds. The van der Waals surface area contributed by atoms with E-state index in [2.05, 4.69) is 18.7 Å². The fourth-order valence-electron chi connectivity index (χ4n) is 1.49. The van der Waals surface area contributed by atoms with Gasteiger partial charge in [-0.2, -0.15) is 0 Å². The van der Waals surface area contributed by atoms with Gasteiger partial charge < -0.3 is 9.52 Å². The minimum atomic E-state index is -0.759. The van der Waals surface area contributed by atoms with E-state index in [1.54, 1.807) is 13.2 Å². The Morgan fingerprint density at radius 3 is 2.62 bits per heavy atom. The molecule has 4 heteroatoms. The monoisotopic (exact) mass is 225 g/mol. The third-order valence-electron chi connectivity index (χ3n) is 2.60. The number of aliphatic carboxylic acids is 1. The Balaban J connectivity index is 2.58. The van der Waals surface area contributed by atoms with Crippen LogP contribution in [0.5, 0.6) is 0 Å². The SMILES string of the molecule is CC(CN(Cc1ccco1)C(C)C)C(=O)O. The first kappa shape index (κ1) is 12.8. The summed E-state index contributed by atoms with van der Waals surface area (Å²) in [7, 11) is 0. The predicted molar refractivity (Wildman–Crippen MR) is 61.1 cm³/mol. The van der Waals surface area contributed by atoms with Crippen molar-refractivity contribution in [3.8, 4) is 0 Å². The molecule has 0 aliphatic heterocycles. The van der Waals surface area contributed by atoms with Crippen LogP contribution in [0.15, 0.2) is 22.8 Å². The van der Waals surface area contributed by atoms with E-state index in [4.69, 9.17) is 9.52 Å². The van der Waals surface area contributed by atoms with Crippen molar-refractivity contribution in [2.75, 3.05) is 6.54 Å². The summed E-state index contributed by atoms with van der Waals surface area (Å²) >= 11 is 0. The number of rotatable bonds is 6. The quantitative estimate of drug-likeness (QED) is 0.806. The van der Waals surface area contributed by atoms with Crippen LogP contribution in [0, 0.1) is 5.92 Å². The van der Waals surface area contributed by atoms with Gasteiger partial charge in [0.2, 0.25) is 0 Å². The van der Waals surface area contributed by atoms with Gasteiger partial charge in [-0.1, -0.05) is 6.92 Å². The number of carbonyl (C=O) groups is 1. The zero-order chi connectivity index (χ0) is 12.1. The predicted octanol–water partition coefficient (Wildman–Crippen LogP) is 2.21. The molecule has 0 saturated carbocycles. The van der Waals surface area contributed by atoms with Crippen LogP contribution >= 0.6 is 0 Å². The molecule has 0 aliphatic carbocycles. The van der Waals surface area contributed by atoms with Crippen LogP contribution in [-0.4, -0.2) is 28.6 Å². The lowest BCUT2D eigenvalue weighted by molar-refractivity contribution is -0.142. The molecule has 16 heavy (non-hydrogen) atoms. The first-order chi connectivity index (χ1) is 7.50. The fraction of sp³-hybridized carbons (Fsp3) is 0.583. The van der Waals surface area contributed by atoms with E-state index in [9.17, 15) is 4.79 Å². The number of hydrogen-bond donors (Lipinski definition) is 1. The largest absolute Gasteiger partial charge is 0.481 e. The maximum Gasteiger partial charge on any atom is 0.307 e. The summed E-state index contributed by atoms with van der Waals surface area (Å²) in [6, 6.07) is 4.04. The molecule has 1 unspecified atom stereocenters. The molecule has 0 aromatic carbocycles. The Morgan fingerprint density at radius 1 is 1.50 bits per heavy atom. The summed E-state index contributed by atoms with van der Waals surface area (Å²) in [5.74, 6) is -0.256. The minimum absolute atomic E-state index is 0.298. The second kappa shape index (κ2) is 5.70. The molecule has 0 spiro atoms. The van der Waals surface area contributed by atoms with Crippen molar-refractivity contribution in [2.24, 2.45) is 5.92 Å². The van der Waals surface area contributed by atoms with Crippen LogP contribution in [0.1, 0.15) is 26.5 Å². The van der Waals surface area contributed by atoms with E-state index >= 15 is 0 Å². The number of nitrogens with zero attached hydrogens (tertiary/aromatic N) is 1. The highest BCUT2D eigenvalue weighted by Gasteiger charge is 2.19. The number of carboxylic acid groups (broad SMARTS) is 1. The molecule has 0 fully saturated rings. The van der Waals surface area contributed by atoms with Crippen molar-refractivity contribution in [1.82, 2.24) is 4.90 Å². The summed E-state index contributed by atoms with van der Waals surface area (Å²) in [6.45, 7) is 7.02. The summed E-state index contributed by atoms with van der Waals surface area (Å²) in [5.41, 5.74) is 0. The molecule has 1 aromatic heterocycles. The molecule has 1 aromatic rings. The maximum atomic E-state index is 10.8. The number of hydrogen-bond acceptors (Lipinski definition) is 3. The Bertz CT molecular complexity index is 319. The first-order valence-corrected chi connectivity index (χ1v) is 5.50. The highest BCUT2D eigenvalue weighted by atomic mass is 16.4. The highest BCUT2D eigenvalue weighted by Crippen LogP contribution is 2.11. The lowest BCUT2D eigenvalue weighted by Gasteiger charge is -2.27. The van der Waals surface area contributed by atoms with Gasteiger partial charge in [-0.05, 0) is 26.0 Å². The Kier molecular flexibility index (Phi) is 4.55. The van der Waals surface area contributed by atoms with Gasteiger partial charge in [0.15, 0.2) is 0 Å². The molecule has 1 rings (SSSR count). The second-order valence-electron chi connectivity index (χ2n) is 4.34. The standard InChI is InChI=1S/C12H19NO3/c1-9(2)13(7-10(3)12(14)15)8-11-5-4-6-16-11/h4-6,9-10H,7-8H2,1-3H3,(H,14,15). The molecule has 0 radical (unpaired) electrons. The maximum absolute atomic E-state index is 10.8. The van der Waals surface area contributed by atoms with Gasteiger partial charge in [-0.3, -0.25) is 9.69 Å². The molecule has 0 saturated heterocycles. The molecular formula is C12H19NO3. The molecular weight excluding hydrogens is 206 g/mol. The average molecular weight is 225 g/mol. The van der Waals surface area contributed by atoms with Crippen LogP contribution < -0.4 is 0 Å². The van der Waals surface area contributed by atoms with Crippen molar-refractivity contribution in [1.29, 1.82) is 0 Å². The molecule has 1 atom stereocenters. The van der Waals surface area contributed by atoms with E-state index in [-0.39, 0.29) is 5.92 Å². The second-order valence-corrected chi connectivity index (χ2v) is 4.34. The van der Waals surface area contributed by atoms with Crippen LogP contribution in [0.3, 0.4) is 0 Å². The topological polar surface area (TPSA) is 53.7 Å². The van der Waals surface area contributed by atoms with Crippen LogP contribution in [0.25, 0.3) is 0 Å². The molecule has 0 bridgehead atoms. The summed E-state index contributed by atoms with van der Waals surface area (Å²) in [4.78, 5) is 12.9. The Hall–Kier alpha value is -1.29. The lowest BCUT2D eigenvalue weighted by atomic mass is 10.1. The van der Waals surface area contributed by atoms with Crippen molar-refractivity contribution in [3.05, 3.63) is 24.2 Å². The van der Waals surface area contributed by atoms with Gasteiger partial charge in [-0.25, -0.2) is 0 Å². The van der Waals surface area contributed by atoms with Crippen LogP contribution in [0.2, 0.25) is 0 Å². The van der Waals surface area contributed by atoms with E-state index in [1.165, 1.54) is 0 Å². The van der Waals surface area contributed by atoms with Crippen LogP contribution in [0.4, 0.5) is 0 Å². The number of carboxylic acids is 1. The van der Waals surface area contributed by atoms with Crippen molar-refractivity contribution < 1.29 is 14.3 Å². The van der Waals surface area contributed by atoms with E-state index in [0.717, 1.165) is 5.76 Å². The molecule has 1 N–H and O–H groups in total. The van der Waals surface area contributed by atoms with Crippen molar-refractivity contribution in [3.63, 3.8) is 0 Å².